The predicted octanol–water partition coefficient (Wildman–Crippen LogP) is 2.65. The Hall–Kier alpha value is -1.47. The van der Waals surface area contributed by atoms with E-state index in [-0.39, 0.29) is 6.61 Å². The van der Waals surface area contributed by atoms with Crippen LogP contribution in [0.25, 0.3) is 0 Å². The molecule has 4 N–H and O–H groups in total. The van der Waals surface area contributed by atoms with Gasteiger partial charge in [0.05, 0.1) is 12.7 Å². The van der Waals surface area contributed by atoms with E-state index < -0.39 is 18.2 Å². The van der Waals surface area contributed by atoms with Crippen molar-refractivity contribution in [3.05, 3.63) is 35.9 Å². The van der Waals surface area contributed by atoms with Crippen LogP contribution < -0.4 is 0 Å². The van der Waals surface area contributed by atoms with Crippen molar-refractivity contribution >= 4 is 5.97 Å². The highest BCUT2D eigenvalue weighted by Gasteiger charge is 2.11. The normalized spacial score (nSPS) is 13.0. The third-order valence-electron chi connectivity index (χ3n) is 4.11. The maximum absolute atomic E-state index is 9.69. The van der Waals surface area contributed by atoms with Crippen LogP contribution in [0.5, 0.6) is 0 Å². The summed E-state index contributed by atoms with van der Waals surface area (Å²) in [6.07, 6.45) is 5.78. The molecule has 2 unspecified atom stereocenters. The van der Waals surface area contributed by atoms with Gasteiger partial charge < -0.3 is 20.4 Å². The molecule has 0 amide bonds. The molecule has 6 heteroatoms. The minimum atomic E-state index is -1.23. The van der Waals surface area contributed by atoms with Gasteiger partial charge >= 0.3 is 5.97 Å². The molecule has 1 aromatic rings. The zero-order valence-corrected chi connectivity index (χ0v) is 16.8. The van der Waals surface area contributed by atoms with E-state index in [0.29, 0.717) is 6.54 Å². The van der Waals surface area contributed by atoms with E-state index in [2.05, 4.69) is 24.0 Å². The van der Waals surface area contributed by atoms with Gasteiger partial charge in [-0.1, -0.05) is 69.4 Å². The number of rotatable bonds is 13. The number of aliphatic hydroxyl groups excluding tert-OH is 3. The molecule has 0 saturated heterocycles. The zero-order valence-electron chi connectivity index (χ0n) is 16.8. The Morgan fingerprint density at radius 3 is 2.11 bits per heavy atom. The van der Waals surface area contributed by atoms with Gasteiger partial charge in [-0.15, -0.1) is 0 Å². The molecule has 0 heterocycles. The number of unbranched alkanes of at least 4 members (excludes halogenated alkanes) is 5. The lowest BCUT2D eigenvalue weighted by Crippen LogP contribution is -2.34. The number of aliphatic carboxylic acids is 1. The monoisotopic (exact) mass is 383 g/mol. The first-order chi connectivity index (χ1) is 12.9. The van der Waals surface area contributed by atoms with Crippen molar-refractivity contribution in [2.45, 2.75) is 71.1 Å². The molecule has 2 atom stereocenters. The van der Waals surface area contributed by atoms with Crippen LogP contribution in [0.2, 0.25) is 0 Å². The summed E-state index contributed by atoms with van der Waals surface area (Å²) in [6, 6.07) is 10.3. The molecule has 156 valence electrons. The number of carboxylic acid groups (broad SMARTS) is 1. The summed E-state index contributed by atoms with van der Waals surface area (Å²) in [5, 5.41) is 34.5. The van der Waals surface area contributed by atoms with Crippen LogP contribution in [-0.4, -0.2) is 63.2 Å². The van der Waals surface area contributed by atoms with Crippen LogP contribution in [0.3, 0.4) is 0 Å². The largest absolute Gasteiger partial charge is 0.479 e. The van der Waals surface area contributed by atoms with Crippen LogP contribution in [0, 0.1) is 0 Å². The Balaban J connectivity index is 0.000000972. The third-order valence-corrected chi connectivity index (χ3v) is 4.11. The van der Waals surface area contributed by atoms with E-state index in [1.54, 1.807) is 0 Å². The summed E-state index contributed by atoms with van der Waals surface area (Å²) in [7, 11) is 0. The molecule has 0 aliphatic carbocycles. The minimum Gasteiger partial charge on any atom is -0.479 e. The Morgan fingerprint density at radius 1 is 1.04 bits per heavy atom. The molecule has 0 saturated carbocycles. The number of aliphatic hydroxyl groups is 3. The smallest absolute Gasteiger partial charge is 0.332 e. The van der Waals surface area contributed by atoms with Gasteiger partial charge in [0.1, 0.15) is 6.10 Å². The SMILES string of the molecule is CC(O)C(=O)O.CCCCCCCCN(Cc1ccccc1)CC(O)CO. The fourth-order valence-electron chi connectivity index (χ4n) is 2.55. The molecule has 0 radical (unpaired) electrons. The number of carboxylic acids is 1. The van der Waals surface area contributed by atoms with Crippen LogP contribution in [0.1, 0.15) is 57.9 Å². The van der Waals surface area contributed by atoms with Crippen molar-refractivity contribution in [1.29, 1.82) is 0 Å². The van der Waals surface area contributed by atoms with E-state index >= 15 is 0 Å². The van der Waals surface area contributed by atoms with Gasteiger partial charge in [-0.2, -0.15) is 0 Å². The minimum absolute atomic E-state index is 0.165. The van der Waals surface area contributed by atoms with Crippen LogP contribution in [0.4, 0.5) is 0 Å². The second-order valence-corrected chi connectivity index (χ2v) is 6.84. The van der Waals surface area contributed by atoms with Gasteiger partial charge in [0.25, 0.3) is 0 Å². The standard InChI is InChI=1S/C18H31NO2.C3H6O3/c1-2-3-4-5-6-10-13-19(15-18(21)16-20)14-17-11-8-7-9-12-17;1-2(4)3(5)6/h7-9,11-12,18,20-21H,2-6,10,13-16H2,1H3;2,4H,1H3,(H,5,6). The molecule has 0 aliphatic heterocycles. The van der Waals surface area contributed by atoms with Gasteiger partial charge in [0.15, 0.2) is 0 Å². The predicted molar refractivity (Wildman–Crippen MR) is 108 cm³/mol. The van der Waals surface area contributed by atoms with Gasteiger partial charge in [-0.05, 0) is 25.5 Å². The quantitative estimate of drug-likeness (QED) is 0.391. The van der Waals surface area contributed by atoms with Crippen molar-refractivity contribution in [1.82, 2.24) is 4.90 Å². The molecule has 1 aromatic carbocycles. The number of nitrogens with zero attached hydrogens (tertiary/aromatic N) is 1. The topological polar surface area (TPSA) is 101 Å². The van der Waals surface area contributed by atoms with Gasteiger partial charge in [-0.3, -0.25) is 4.90 Å². The summed E-state index contributed by atoms with van der Waals surface area (Å²) in [6.45, 7) is 5.63. The summed E-state index contributed by atoms with van der Waals surface area (Å²) >= 11 is 0. The lowest BCUT2D eigenvalue weighted by molar-refractivity contribution is -0.145. The van der Waals surface area contributed by atoms with E-state index in [0.717, 1.165) is 19.5 Å². The molecule has 0 bridgehead atoms. The second kappa shape index (κ2) is 16.7. The fraction of sp³-hybridized carbons (Fsp3) is 0.667. The molecular weight excluding hydrogens is 346 g/mol. The van der Waals surface area contributed by atoms with Crippen molar-refractivity contribution in [2.24, 2.45) is 0 Å². The Morgan fingerprint density at radius 2 is 1.59 bits per heavy atom. The highest BCUT2D eigenvalue weighted by atomic mass is 16.4. The molecule has 1 rings (SSSR count). The zero-order chi connectivity index (χ0) is 20.5. The van der Waals surface area contributed by atoms with Crippen molar-refractivity contribution in [3.8, 4) is 0 Å². The van der Waals surface area contributed by atoms with Crippen LogP contribution in [-0.2, 0) is 11.3 Å². The first-order valence-corrected chi connectivity index (χ1v) is 9.86. The molecule has 0 aliphatic rings. The lowest BCUT2D eigenvalue weighted by Gasteiger charge is -2.24. The Kier molecular flexibility index (Phi) is 15.8. The van der Waals surface area contributed by atoms with Crippen molar-refractivity contribution in [2.75, 3.05) is 19.7 Å². The van der Waals surface area contributed by atoms with Crippen molar-refractivity contribution < 1.29 is 25.2 Å². The van der Waals surface area contributed by atoms with Crippen molar-refractivity contribution in [3.63, 3.8) is 0 Å². The first kappa shape index (κ1) is 25.5. The molecule has 0 aromatic heterocycles. The fourth-order valence-corrected chi connectivity index (χ4v) is 2.55. The third kappa shape index (κ3) is 15.3. The van der Waals surface area contributed by atoms with Crippen LogP contribution in [0.15, 0.2) is 30.3 Å². The Bertz CT molecular complexity index is 467. The number of benzene rings is 1. The van der Waals surface area contributed by atoms with E-state index in [1.807, 2.05) is 18.2 Å². The highest BCUT2D eigenvalue weighted by molar-refractivity contribution is 5.71. The summed E-state index contributed by atoms with van der Waals surface area (Å²) in [5.41, 5.74) is 1.26. The Labute approximate surface area is 163 Å². The van der Waals surface area contributed by atoms with Crippen LogP contribution >= 0.6 is 0 Å². The van der Waals surface area contributed by atoms with E-state index in [1.165, 1.54) is 44.6 Å². The molecular formula is C21H37NO5. The summed E-state index contributed by atoms with van der Waals surface area (Å²) in [4.78, 5) is 11.7. The molecule has 6 nitrogen and oxygen atoms in total. The van der Waals surface area contributed by atoms with Gasteiger partial charge in [0.2, 0.25) is 0 Å². The first-order valence-electron chi connectivity index (χ1n) is 9.86. The lowest BCUT2D eigenvalue weighted by atomic mass is 10.1. The van der Waals surface area contributed by atoms with Gasteiger partial charge in [0, 0.05) is 13.1 Å². The maximum Gasteiger partial charge on any atom is 0.332 e. The summed E-state index contributed by atoms with van der Waals surface area (Å²) in [5.74, 6) is -1.19. The van der Waals surface area contributed by atoms with E-state index in [9.17, 15) is 9.90 Å². The number of hydrogen-bond donors (Lipinski definition) is 4. The molecule has 27 heavy (non-hydrogen) atoms. The number of hydrogen-bond acceptors (Lipinski definition) is 5. The number of carbonyl (C=O) groups is 1. The maximum atomic E-state index is 9.69. The van der Waals surface area contributed by atoms with Gasteiger partial charge in [-0.25, -0.2) is 4.79 Å². The average Bonchev–Trinajstić information content (AvgIpc) is 2.65. The second-order valence-electron chi connectivity index (χ2n) is 6.84. The summed E-state index contributed by atoms with van der Waals surface area (Å²) < 4.78 is 0. The molecule has 0 fully saturated rings. The highest BCUT2D eigenvalue weighted by Crippen LogP contribution is 2.09. The average molecular weight is 384 g/mol. The molecule has 0 spiro atoms. The van der Waals surface area contributed by atoms with E-state index in [4.69, 9.17) is 15.3 Å².